The minimum Gasteiger partial charge on any atom is -0.494 e. The Morgan fingerprint density at radius 1 is 0.268 bits per heavy atom. The van der Waals surface area contributed by atoms with Crippen molar-refractivity contribution >= 4 is 40.2 Å². The van der Waals surface area contributed by atoms with Gasteiger partial charge in [0.2, 0.25) is 0 Å². The van der Waals surface area contributed by atoms with E-state index in [1.807, 2.05) is 18.2 Å². The standard InChI is InChI=1S/C108H94N2O2/c1-3-79-50-64-97(65-51-79)111-72-27-7-5-25-70-107(89-40-17-11-18-41-89)103-48-23-21-46-99(103)101-68-62-95(77-105(101)107)109(91-58-54-83(55-59-91)81-32-13-9-14-33-81)93-44-30-38-87(75-93)85-36-29-37-86(74-85)88-39-31-45-94(76-88)110(92-60-56-84(57-61-92)82-34-15-10-16-35-82)96-63-69-102-100-47-22-24-49-104(100)108(106(102)78-96,90-42-19-12-20-43-90)71-26-6-8-28-73-112-98-66-52-80(4-2)53-67-98/h3,9-24,29-69,74-78H,1,4-8,25-28,70-73H2,2H3. The summed E-state index contributed by atoms with van der Waals surface area (Å²) in [6, 6.07) is 140. The Morgan fingerprint density at radius 3 is 1.04 bits per heavy atom. The normalized spacial score (nSPS) is 14.3. The van der Waals surface area contributed by atoms with E-state index in [1.54, 1.807) is 0 Å². The molecule has 0 saturated carbocycles. The van der Waals surface area contributed by atoms with Crippen LogP contribution in [0.4, 0.5) is 34.1 Å². The van der Waals surface area contributed by atoms with Gasteiger partial charge in [0.25, 0.3) is 0 Å². The highest BCUT2D eigenvalue weighted by molar-refractivity contribution is 5.91. The number of hydrogen-bond donors (Lipinski definition) is 0. The van der Waals surface area contributed by atoms with Gasteiger partial charge in [0, 0.05) is 45.0 Å². The molecule has 0 aromatic heterocycles. The Kier molecular flexibility index (Phi) is 21.4. The SMILES string of the molecule is C=Cc1ccc(OCCCCCCC2(c3ccccc3)c3ccccc3-c3ccc(N(c4ccc(-c5ccccc5)cc4)c4cccc(-c5cccc(-c6cccc(N(c7ccc(-c8ccccc8)cc7)c7ccc8c(c7)C(CCCCCCOc7ccc(CC)cc7)(c7ccccc7)c7ccccc7-8)c6)c5)c4)cc32)cc1. The van der Waals surface area contributed by atoms with Gasteiger partial charge >= 0.3 is 0 Å². The first-order valence-electron chi connectivity index (χ1n) is 40.3. The molecule has 0 N–H and O–H groups in total. The van der Waals surface area contributed by atoms with Crippen LogP contribution in [0.25, 0.3) is 72.8 Å². The van der Waals surface area contributed by atoms with Crippen LogP contribution in [-0.2, 0) is 17.3 Å². The topological polar surface area (TPSA) is 24.9 Å². The quantitative estimate of drug-likeness (QED) is 0.0419. The number of unbranched alkanes of at least 4 members (excludes halogenated alkanes) is 6. The zero-order valence-electron chi connectivity index (χ0n) is 64.0. The van der Waals surface area contributed by atoms with Gasteiger partial charge in [-0.25, -0.2) is 0 Å². The minimum atomic E-state index is -0.375. The molecule has 0 amide bonds. The molecule has 0 saturated heterocycles. The zero-order valence-corrected chi connectivity index (χ0v) is 64.0. The number of rotatable bonds is 30. The van der Waals surface area contributed by atoms with Crippen LogP contribution in [0.1, 0.15) is 116 Å². The second-order valence-corrected chi connectivity index (χ2v) is 30.1. The van der Waals surface area contributed by atoms with Gasteiger partial charge in [-0.15, -0.1) is 0 Å². The Bertz CT molecular complexity index is 5650. The molecular formula is C108H94N2O2. The molecule has 0 spiro atoms. The third-order valence-electron chi connectivity index (χ3n) is 23.4. The molecule has 2 atom stereocenters. The van der Waals surface area contributed by atoms with Crippen LogP contribution in [-0.4, -0.2) is 13.2 Å². The fourth-order valence-corrected chi connectivity index (χ4v) is 17.8. The summed E-state index contributed by atoms with van der Waals surface area (Å²) in [5.74, 6) is 1.86. The van der Waals surface area contributed by atoms with Crippen LogP contribution in [0.2, 0.25) is 0 Å². The van der Waals surface area contributed by atoms with Gasteiger partial charge in [-0.3, -0.25) is 0 Å². The predicted molar refractivity (Wildman–Crippen MR) is 471 cm³/mol. The largest absolute Gasteiger partial charge is 0.494 e. The van der Waals surface area contributed by atoms with Crippen molar-refractivity contribution in [2.24, 2.45) is 0 Å². The smallest absolute Gasteiger partial charge is 0.119 e. The Balaban J connectivity index is 0.709. The summed E-state index contributed by atoms with van der Waals surface area (Å²) >= 11 is 0. The molecule has 4 nitrogen and oxygen atoms in total. The van der Waals surface area contributed by atoms with E-state index in [1.165, 1.54) is 83.5 Å². The van der Waals surface area contributed by atoms with E-state index in [4.69, 9.17) is 9.47 Å². The van der Waals surface area contributed by atoms with Gasteiger partial charge in [0.05, 0.1) is 13.2 Å². The molecule has 112 heavy (non-hydrogen) atoms. The number of fused-ring (bicyclic) bond motifs is 6. The van der Waals surface area contributed by atoms with Gasteiger partial charge < -0.3 is 19.3 Å². The number of benzene rings is 15. The molecule has 2 unspecified atom stereocenters. The second kappa shape index (κ2) is 33.2. The first-order chi connectivity index (χ1) is 55.4. The minimum absolute atomic E-state index is 0.368. The summed E-state index contributed by atoms with van der Waals surface area (Å²) < 4.78 is 12.5. The molecule has 548 valence electrons. The molecule has 15 aromatic rings. The highest BCUT2D eigenvalue weighted by Crippen LogP contribution is 2.59. The fraction of sp³-hybridized carbons (Fsp3) is 0.148. The zero-order chi connectivity index (χ0) is 75.5. The molecular weight excluding hydrogens is 1360 g/mol. The average Bonchev–Trinajstić information content (AvgIpc) is 1.55. The van der Waals surface area contributed by atoms with Crippen molar-refractivity contribution < 1.29 is 9.47 Å². The molecule has 0 radical (unpaired) electrons. The lowest BCUT2D eigenvalue weighted by Gasteiger charge is -2.34. The molecule has 17 rings (SSSR count). The van der Waals surface area contributed by atoms with Crippen LogP contribution >= 0.6 is 0 Å². The third-order valence-corrected chi connectivity index (χ3v) is 23.4. The van der Waals surface area contributed by atoms with Gasteiger partial charge in [-0.2, -0.15) is 0 Å². The third kappa shape index (κ3) is 14.7. The van der Waals surface area contributed by atoms with E-state index in [9.17, 15) is 0 Å². The summed E-state index contributed by atoms with van der Waals surface area (Å²) in [6.07, 6.45) is 13.4. The van der Waals surface area contributed by atoms with Crippen molar-refractivity contribution in [3.05, 3.63) is 427 Å². The summed E-state index contributed by atoms with van der Waals surface area (Å²) in [5, 5.41) is 0. The molecule has 2 aliphatic rings. The lowest BCUT2D eigenvalue weighted by Crippen LogP contribution is -2.27. The molecule has 15 aromatic carbocycles. The summed E-state index contributed by atoms with van der Waals surface area (Å²) in [6.45, 7) is 7.52. The van der Waals surface area contributed by atoms with Crippen LogP contribution in [0.5, 0.6) is 11.5 Å². The first-order valence-corrected chi connectivity index (χ1v) is 40.3. The van der Waals surface area contributed by atoms with Crippen molar-refractivity contribution in [2.45, 2.75) is 88.4 Å². The van der Waals surface area contributed by atoms with Crippen LogP contribution in [0.3, 0.4) is 0 Å². The molecule has 0 fully saturated rings. The first kappa shape index (κ1) is 72.1. The number of ether oxygens (including phenoxy) is 2. The lowest BCUT2D eigenvalue weighted by atomic mass is 9.69. The molecule has 2 aliphatic carbocycles. The maximum Gasteiger partial charge on any atom is 0.119 e. The predicted octanol–water partition coefficient (Wildman–Crippen LogP) is 29.2. The van der Waals surface area contributed by atoms with Gasteiger partial charge in [0.1, 0.15) is 11.5 Å². The van der Waals surface area contributed by atoms with Crippen molar-refractivity contribution in [3.63, 3.8) is 0 Å². The maximum absolute atomic E-state index is 6.26. The monoisotopic (exact) mass is 1450 g/mol. The van der Waals surface area contributed by atoms with Gasteiger partial charge in [-0.1, -0.05) is 331 Å². The molecule has 4 heteroatoms. The fourth-order valence-electron chi connectivity index (χ4n) is 17.8. The van der Waals surface area contributed by atoms with Gasteiger partial charge in [-0.05, 0) is 247 Å². The van der Waals surface area contributed by atoms with Crippen molar-refractivity contribution in [1.29, 1.82) is 0 Å². The Morgan fingerprint density at radius 2 is 0.607 bits per heavy atom. The summed E-state index contributed by atoms with van der Waals surface area (Å²) in [7, 11) is 0. The summed E-state index contributed by atoms with van der Waals surface area (Å²) in [4.78, 5) is 4.96. The van der Waals surface area contributed by atoms with E-state index in [-0.39, 0.29) is 10.8 Å². The average molecular weight is 1450 g/mol. The molecule has 0 bridgehead atoms. The van der Waals surface area contributed by atoms with Crippen molar-refractivity contribution in [2.75, 3.05) is 23.0 Å². The van der Waals surface area contributed by atoms with Crippen molar-refractivity contribution in [3.8, 4) is 78.3 Å². The van der Waals surface area contributed by atoms with Crippen LogP contribution < -0.4 is 19.3 Å². The van der Waals surface area contributed by atoms with E-state index in [2.05, 4.69) is 387 Å². The number of hydrogen-bond acceptors (Lipinski definition) is 4. The highest BCUT2D eigenvalue weighted by atomic mass is 16.5. The van der Waals surface area contributed by atoms with Crippen molar-refractivity contribution in [1.82, 2.24) is 0 Å². The van der Waals surface area contributed by atoms with Crippen LogP contribution in [0.15, 0.2) is 383 Å². The summed E-state index contributed by atoms with van der Waals surface area (Å²) in [5.41, 5.74) is 30.9. The maximum atomic E-state index is 6.26. The molecule has 0 heterocycles. The van der Waals surface area contributed by atoms with E-state index >= 15 is 0 Å². The number of anilines is 6. The Hall–Kier alpha value is -12.8. The van der Waals surface area contributed by atoms with Crippen LogP contribution in [0, 0.1) is 0 Å². The lowest BCUT2D eigenvalue weighted by molar-refractivity contribution is 0.303. The number of nitrogens with zero attached hydrogens (tertiary/aromatic N) is 2. The van der Waals surface area contributed by atoms with E-state index in [0.717, 1.165) is 151 Å². The Labute approximate surface area is 662 Å². The van der Waals surface area contributed by atoms with E-state index in [0.29, 0.717) is 6.61 Å². The van der Waals surface area contributed by atoms with E-state index < -0.39 is 0 Å². The van der Waals surface area contributed by atoms with Gasteiger partial charge in [0.15, 0.2) is 0 Å². The molecule has 0 aliphatic heterocycles. The number of aryl methyl sites for hydroxylation is 1. The highest BCUT2D eigenvalue weighted by Gasteiger charge is 2.46. The second-order valence-electron chi connectivity index (χ2n) is 30.1.